The predicted octanol–water partition coefficient (Wildman–Crippen LogP) is 1.46. The Labute approximate surface area is 96.4 Å². The highest BCUT2D eigenvalue weighted by Crippen LogP contribution is 2.10. The lowest BCUT2D eigenvalue weighted by atomic mass is 10.2. The zero-order chi connectivity index (χ0) is 12.7. The van der Waals surface area contributed by atoms with E-state index in [-0.39, 0.29) is 0 Å². The summed E-state index contributed by atoms with van der Waals surface area (Å²) in [5.41, 5.74) is 0. The first kappa shape index (κ1) is 15.2. The molecule has 2 N–H and O–H groups in total. The van der Waals surface area contributed by atoms with Gasteiger partial charge in [0.15, 0.2) is 0 Å². The number of carbonyl (C=O) groups is 1. The second-order valence-corrected chi connectivity index (χ2v) is 3.86. The van der Waals surface area contributed by atoms with Gasteiger partial charge in [0.05, 0.1) is 12.2 Å². The van der Waals surface area contributed by atoms with Crippen molar-refractivity contribution >= 4 is 6.16 Å². The molecule has 0 saturated heterocycles. The molecule has 0 amide bonds. The van der Waals surface area contributed by atoms with Gasteiger partial charge < -0.3 is 19.7 Å². The molecule has 0 heterocycles. The van der Waals surface area contributed by atoms with E-state index < -0.39 is 30.6 Å². The van der Waals surface area contributed by atoms with Crippen molar-refractivity contribution < 1.29 is 24.5 Å². The molecule has 16 heavy (non-hydrogen) atoms. The van der Waals surface area contributed by atoms with Crippen molar-refractivity contribution in [3.8, 4) is 0 Å². The van der Waals surface area contributed by atoms with E-state index in [0.717, 1.165) is 0 Å². The van der Waals surface area contributed by atoms with E-state index in [2.05, 4.69) is 0 Å². The topological polar surface area (TPSA) is 76.0 Å². The second kappa shape index (κ2) is 7.46. The molecule has 0 aliphatic rings. The van der Waals surface area contributed by atoms with Crippen molar-refractivity contribution in [1.29, 1.82) is 0 Å². The fraction of sp³-hybridized carbons (Fsp3) is 0.909. The molecule has 4 unspecified atom stereocenters. The van der Waals surface area contributed by atoms with Crippen LogP contribution in [0.2, 0.25) is 0 Å². The van der Waals surface area contributed by atoms with Gasteiger partial charge in [-0.15, -0.1) is 0 Å². The predicted molar refractivity (Wildman–Crippen MR) is 59.1 cm³/mol. The van der Waals surface area contributed by atoms with Gasteiger partial charge in [-0.1, -0.05) is 13.8 Å². The van der Waals surface area contributed by atoms with Gasteiger partial charge in [0.1, 0.15) is 12.2 Å². The summed E-state index contributed by atoms with van der Waals surface area (Å²) in [5.74, 6) is 0. The molecule has 0 aromatic carbocycles. The minimum Gasteiger partial charge on any atom is -0.428 e. The molecular formula is C11H22O5. The van der Waals surface area contributed by atoms with E-state index in [0.29, 0.717) is 12.8 Å². The molecule has 0 aromatic rings. The van der Waals surface area contributed by atoms with E-state index in [1.807, 2.05) is 0 Å². The quantitative estimate of drug-likeness (QED) is 0.680. The maximum absolute atomic E-state index is 11.3. The third kappa shape index (κ3) is 5.32. The fourth-order valence-corrected chi connectivity index (χ4v) is 1.32. The normalized spacial score (nSPS) is 18.4. The van der Waals surface area contributed by atoms with Crippen molar-refractivity contribution in [2.75, 3.05) is 0 Å². The third-order valence-electron chi connectivity index (χ3n) is 2.38. The average Bonchev–Trinajstić information content (AvgIpc) is 2.21. The number of hydrogen-bond donors (Lipinski definition) is 2. The Bertz CT molecular complexity index is 183. The van der Waals surface area contributed by atoms with Crippen LogP contribution in [0.4, 0.5) is 4.79 Å². The van der Waals surface area contributed by atoms with E-state index >= 15 is 0 Å². The first-order chi connectivity index (χ1) is 7.42. The Morgan fingerprint density at radius 3 is 1.50 bits per heavy atom. The van der Waals surface area contributed by atoms with E-state index in [9.17, 15) is 15.0 Å². The van der Waals surface area contributed by atoms with E-state index in [1.54, 1.807) is 27.7 Å². The summed E-state index contributed by atoms with van der Waals surface area (Å²) < 4.78 is 9.84. The summed E-state index contributed by atoms with van der Waals surface area (Å²) in [6.07, 6.45) is -2.43. The lowest BCUT2D eigenvalue weighted by molar-refractivity contribution is -0.0626. The van der Waals surface area contributed by atoms with Crippen molar-refractivity contribution in [3.63, 3.8) is 0 Å². The van der Waals surface area contributed by atoms with Gasteiger partial charge in [-0.3, -0.25) is 0 Å². The first-order valence-corrected chi connectivity index (χ1v) is 5.65. The Morgan fingerprint density at radius 1 is 1.00 bits per heavy atom. The van der Waals surface area contributed by atoms with Crippen molar-refractivity contribution in [1.82, 2.24) is 0 Å². The zero-order valence-electron chi connectivity index (χ0n) is 10.3. The highest BCUT2D eigenvalue weighted by Gasteiger charge is 2.23. The van der Waals surface area contributed by atoms with Gasteiger partial charge >= 0.3 is 6.16 Å². The average molecular weight is 234 g/mol. The summed E-state index contributed by atoms with van der Waals surface area (Å²) in [6.45, 7) is 6.70. The molecule has 4 atom stereocenters. The molecule has 0 aliphatic carbocycles. The third-order valence-corrected chi connectivity index (χ3v) is 2.38. The Hall–Kier alpha value is -0.810. The molecule has 0 saturated carbocycles. The van der Waals surface area contributed by atoms with Gasteiger partial charge in [-0.25, -0.2) is 4.79 Å². The minimum atomic E-state index is -0.847. The Balaban J connectivity index is 4.15. The van der Waals surface area contributed by atoms with Crippen LogP contribution in [0.25, 0.3) is 0 Å². The lowest BCUT2D eigenvalue weighted by Gasteiger charge is -2.22. The molecule has 0 spiro atoms. The summed E-state index contributed by atoms with van der Waals surface area (Å²) >= 11 is 0. The lowest BCUT2D eigenvalue weighted by Crippen LogP contribution is -2.33. The number of carbonyl (C=O) groups excluding carboxylic acids is 1. The molecule has 5 nitrogen and oxygen atoms in total. The number of aliphatic hydroxyl groups is 2. The SMILES string of the molecule is CCC(OC(=O)OC(CC)C(C)O)C(C)O. The highest BCUT2D eigenvalue weighted by atomic mass is 16.7. The molecule has 0 fully saturated rings. The first-order valence-electron chi connectivity index (χ1n) is 5.65. The molecule has 0 aliphatic heterocycles. The maximum Gasteiger partial charge on any atom is 0.509 e. The van der Waals surface area contributed by atoms with Crippen molar-refractivity contribution in [3.05, 3.63) is 0 Å². The molecule has 0 rings (SSSR count). The van der Waals surface area contributed by atoms with Gasteiger partial charge in [0.25, 0.3) is 0 Å². The molecule has 5 heteroatoms. The number of ether oxygens (including phenoxy) is 2. The van der Waals surface area contributed by atoms with Crippen LogP contribution < -0.4 is 0 Å². The smallest absolute Gasteiger partial charge is 0.428 e. The summed E-state index contributed by atoms with van der Waals surface area (Å²) in [7, 11) is 0. The van der Waals surface area contributed by atoms with Crippen LogP contribution in [0.15, 0.2) is 0 Å². The molecule has 0 radical (unpaired) electrons. The standard InChI is InChI=1S/C11H22O5/c1-5-9(7(3)12)15-11(14)16-10(6-2)8(4)13/h7-10,12-13H,5-6H2,1-4H3. The monoisotopic (exact) mass is 234 g/mol. The number of aliphatic hydroxyl groups excluding tert-OH is 2. The van der Waals surface area contributed by atoms with Crippen LogP contribution in [0.3, 0.4) is 0 Å². The Kier molecular flexibility index (Phi) is 7.08. The van der Waals surface area contributed by atoms with Gasteiger partial charge in [-0.05, 0) is 26.7 Å². The van der Waals surface area contributed by atoms with Crippen LogP contribution in [-0.2, 0) is 9.47 Å². The zero-order valence-corrected chi connectivity index (χ0v) is 10.3. The largest absolute Gasteiger partial charge is 0.509 e. The molecular weight excluding hydrogens is 212 g/mol. The molecule has 96 valence electrons. The maximum atomic E-state index is 11.3. The number of rotatable bonds is 6. The Morgan fingerprint density at radius 2 is 1.31 bits per heavy atom. The van der Waals surface area contributed by atoms with Crippen LogP contribution in [0.1, 0.15) is 40.5 Å². The van der Waals surface area contributed by atoms with Gasteiger partial charge in [-0.2, -0.15) is 0 Å². The fourth-order valence-electron chi connectivity index (χ4n) is 1.32. The van der Waals surface area contributed by atoms with Crippen molar-refractivity contribution in [2.24, 2.45) is 0 Å². The van der Waals surface area contributed by atoms with Gasteiger partial charge in [0, 0.05) is 0 Å². The molecule has 0 aromatic heterocycles. The van der Waals surface area contributed by atoms with Crippen LogP contribution >= 0.6 is 0 Å². The van der Waals surface area contributed by atoms with Crippen LogP contribution in [0.5, 0.6) is 0 Å². The summed E-state index contributed by atoms with van der Waals surface area (Å²) in [5, 5.41) is 18.6. The molecule has 0 bridgehead atoms. The second-order valence-electron chi connectivity index (χ2n) is 3.86. The summed E-state index contributed by atoms with van der Waals surface area (Å²) in [4.78, 5) is 11.3. The number of hydrogen-bond acceptors (Lipinski definition) is 5. The van der Waals surface area contributed by atoms with Crippen LogP contribution in [-0.4, -0.2) is 40.8 Å². The summed E-state index contributed by atoms with van der Waals surface area (Å²) in [6, 6.07) is 0. The van der Waals surface area contributed by atoms with Gasteiger partial charge in [0.2, 0.25) is 0 Å². The minimum absolute atomic E-state index is 0.512. The highest BCUT2D eigenvalue weighted by molar-refractivity contribution is 5.60. The van der Waals surface area contributed by atoms with Crippen LogP contribution in [0, 0.1) is 0 Å². The van der Waals surface area contributed by atoms with E-state index in [4.69, 9.17) is 9.47 Å². The van der Waals surface area contributed by atoms with Crippen molar-refractivity contribution in [2.45, 2.75) is 65.0 Å². The van der Waals surface area contributed by atoms with E-state index in [1.165, 1.54) is 0 Å².